The average molecular weight is 424 g/mol. The molecule has 1 unspecified atom stereocenters. The zero-order valence-corrected chi connectivity index (χ0v) is 17.4. The maximum Gasteiger partial charge on any atom is 0.191 e. The monoisotopic (exact) mass is 424 g/mol. The van der Waals surface area contributed by atoms with Gasteiger partial charge in [-0.15, -0.1) is 24.0 Å². The number of hydrogen-bond acceptors (Lipinski definition) is 2. The molecule has 2 N–H and O–H groups in total. The van der Waals surface area contributed by atoms with Crippen LogP contribution >= 0.6 is 24.0 Å². The minimum Gasteiger partial charge on any atom is -0.357 e. The molecule has 0 bridgehead atoms. The molecular formula is C17H37IN4. The first-order chi connectivity index (χ1) is 10.2. The fraction of sp³-hybridized carbons (Fsp3) is 0.941. The number of hydrogen-bond donors (Lipinski definition) is 2. The smallest absolute Gasteiger partial charge is 0.191 e. The van der Waals surface area contributed by atoms with Crippen LogP contribution in [0, 0.1) is 11.8 Å². The van der Waals surface area contributed by atoms with Gasteiger partial charge in [-0.3, -0.25) is 4.99 Å². The van der Waals surface area contributed by atoms with Crippen molar-refractivity contribution in [2.75, 3.05) is 39.3 Å². The summed E-state index contributed by atoms with van der Waals surface area (Å²) in [5.74, 6) is 2.47. The second-order valence-corrected chi connectivity index (χ2v) is 6.18. The van der Waals surface area contributed by atoms with E-state index in [4.69, 9.17) is 4.99 Å². The Morgan fingerprint density at radius 3 is 2.50 bits per heavy atom. The number of guanidine groups is 1. The van der Waals surface area contributed by atoms with E-state index in [1.165, 1.54) is 45.3 Å². The van der Waals surface area contributed by atoms with Gasteiger partial charge in [0.2, 0.25) is 0 Å². The average Bonchev–Trinajstić information content (AvgIpc) is 2.53. The lowest BCUT2D eigenvalue weighted by Crippen LogP contribution is -2.44. The molecule has 1 aliphatic rings. The molecule has 1 heterocycles. The number of nitrogens with zero attached hydrogens (tertiary/aromatic N) is 2. The summed E-state index contributed by atoms with van der Waals surface area (Å²) in [4.78, 5) is 7.32. The van der Waals surface area contributed by atoms with Crippen LogP contribution in [0.4, 0.5) is 0 Å². The maximum atomic E-state index is 4.76. The summed E-state index contributed by atoms with van der Waals surface area (Å²) in [6.07, 6.45) is 5.11. The van der Waals surface area contributed by atoms with E-state index in [1.54, 1.807) is 0 Å². The first kappa shape index (κ1) is 22.0. The third-order valence-electron chi connectivity index (χ3n) is 4.62. The van der Waals surface area contributed by atoms with Crippen molar-refractivity contribution >= 4 is 29.9 Å². The van der Waals surface area contributed by atoms with Gasteiger partial charge >= 0.3 is 0 Å². The molecule has 0 saturated carbocycles. The van der Waals surface area contributed by atoms with Crippen molar-refractivity contribution in [2.24, 2.45) is 16.8 Å². The quantitative estimate of drug-likeness (QED) is 0.357. The zero-order valence-electron chi connectivity index (χ0n) is 15.0. The Morgan fingerprint density at radius 1 is 1.18 bits per heavy atom. The van der Waals surface area contributed by atoms with E-state index in [2.05, 4.69) is 43.2 Å². The predicted molar refractivity (Wildman–Crippen MR) is 108 cm³/mol. The Bertz CT molecular complexity index is 292. The van der Waals surface area contributed by atoms with Gasteiger partial charge in [-0.05, 0) is 44.7 Å². The molecule has 0 amide bonds. The highest BCUT2D eigenvalue weighted by Gasteiger charge is 2.18. The minimum atomic E-state index is 0. The maximum absolute atomic E-state index is 4.76. The van der Waals surface area contributed by atoms with Crippen molar-refractivity contribution in [1.82, 2.24) is 15.5 Å². The van der Waals surface area contributed by atoms with Crippen molar-refractivity contribution in [3.63, 3.8) is 0 Å². The molecule has 5 heteroatoms. The van der Waals surface area contributed by atoms with E-state index < -0.39 is 0 Å². The standard InChI is InChI=1S/C17H36N4.HI/c1-5-15(6-2)12-19-17(18-7-3)20-13-16-10-9-11-21(8-4)14-16;/h15-16H,5-14H2,1-4H3,(H2,18,19,20);1H. The Hall–Kier alpha value is -0.0400. The van der Waals surface area contributed by atoms with Crippen LogP contribution in [0.3, 0.4) is 0 Å². The molecule has 4 nitrogen and oxygen atoms in total. The van der Waals surface area contributed by atoms with E-state index in [-0.39, 0.29) is 24.0 Å². The topological polar surface area (TPSA) is 39.7 Å². The largest absolute Gasteiger partial charge is 0.357 e. The van der Waals surface area contributed by atoms with Crippen LogP contribution in [0.1, 0.15) is 53.4 Å². The van der Waals surface area contributed by atoms with Crippen LogP contribution in [0.5, 0.6) is 0 Å². The van der Waals surface area contributed by atoms with Crippen LogP contribution in [-0.2, 0) is 0 Å². The van der Waals surface area contributed by atoms with Gasteiger partial charge in [-0.25, -0.2) is 0 Å². The molecule has 0 spiro atoms. The van der Waals surface area contributed by atoms with E-state index >= 15 is 0 Å². The van der Waals surface area contributed by atoms with Gasteiger partial charge in [0.05, 0.1) is 0 Å². The molecule has 1 aliphatic heterocycles. The summed E-state index contributed by atoms with van der Waals surface area (Å²) in [6, 6.07) is 0. The van der Waals surface area contributed by atoms with Crippen LogP contribution in [0.2, 0.25) is 0 Å². The molecule has 1 atom stereocenters. The van der Waals surface area contributed by atoms with Gasteiger partial charge in [-0.1, -0.05) is 33.6 Å². The van der Waals surface area contributed by atoms with Gasteiger partial charge < -0.3 is 15.5 Å². The Morgan fingerprint density at radius 2 is 1.91 bits per heavy atom. The van der Waals surface area contributed by atoms with Crippen molar-refractivity contribution in [2.45, 2.75) is 53.4 Å². The third-order valence-corrected chi connectivity index (χ3v) is 4.62. The molecule has 1 saturated heterocycles. The molecule has 0 aromatic heterocycles. The second-order valence-electron chi connectivity index (χ2n) is 6.18. The molecule has 22 heavy (non-hydrogen) atoms. The Labute approximate surface area is 154 Å². The molecule has 0 radical (unpaired) electrons. The minimum absolute atomic E-state index is 0. The lowest BCUT2D eigenvalue weighted by atomic mass is 9.98. The highest BCUT2D eigenvalue weighted by atomic mass is 127. The molecular weight excluding hydrogens is 387 g/mol. The van der Waals surface area contributed by atoms with Gasteiger partial charge in [0.15, 0.2) is 5.96 Å². The number of nitrogens with one attached hydrogen (secondary N) is 2. The molecule has 132 valence electrons. The van der Waals surface area contributed by atoms with Crippen molar-refractivity contribution < 1.29 is 0 Å². The van der Waals surface area contributed by atoms with E-state index in [9.17, 15) is 0 Å². The van der Waals surface area contributed by atoms with Crippen LogP contribution in [0.25, 0.3) is 0 Å². The van der Waals surface area contributed by atoms with Gasteiger partial charge in [0.25, 0.3) is 0 Å². The molecule has 0 aliphatic carbocycles. The number of aliphatic imine (C=N–C) groups is 1. The molecule has 1 rings (SSSR count). The van der Waals surface area contributed by atoms with E-state index in [1.807, 2.05) is 0 Å². The predicted octanol–water partition coefficient (Wildman–Crippen LogP) is 3.33. The Kier molecular flexibility index (Phi) is 13.4. The van der Waals surface area contributed by atoms with Crippen molar-refractivity contribution in [3.8, 4) is 0 Å². The van der Waals surface area contributed by atoms with Crippen LogP contribution < -0.4 is 10.6 Å². The fourth-order valence-electron chi connectivity index (χ4n) is 2.96. The highest BCUT2D eigenvalue weighted by molar-refractivity contribution is 14.0. The van der Waals surface area contributed by atoms with Gasteiger partial charge in [-0.2, -0.15) is 0 Å². The number of likely N-dealkylation sites (tertiary alicyclic amines) is 1. The Balaban J connectivity index is 0.00000441. The molecule has 0 aromatic carbocycles. The molecule has 1 fully saturated rings. The normalized spacial score (nSPS) is 19.9. The summed E-state index contributed by atoms with van der Waals surface area (Å²) in [6.45, 7) is 15.5. The lowest BCUT2D eigenvalue weighted by Gasteiger charge is -2.32. The summed E-state index contributed by atoms with van der Waals surface area (Å²) >= 11 is 0. The number of piperidine rings is 1. The second kappa shape index (κ2) is 13.4. The zero-order chi connectivity index (χ0) is 15.5. The first-order valence-corrected chi connectivity index (χ1v) is 8.97. The SMILES string of the molecule is CCNC(=NCC(CC)CC)NCC1CCCN(CC)C1.I. The third kappa shape index (κ3) is 8.56. The van der Waals surface area contributed by atoms with Gasteiger partial charge in [0, 0.05) is 26.2 Å². The lowest BCUT2D eigenvalue weighted by molar-refractivity contribution is 0.183. The molecule has 0 aromatic rings. The summed E-state index contributed by atoms with van der Waals surface area (Å²) < 4.78 is 0. The van der Waals surface area contributed by atoms with E-state index in [0.717, 1.165) is 31.5 Å². The highest BCUT2D eigenvalue weighted by Crippen LogP contribution is 2.15. The van der Waals surface area contributed by atoms with Crippen LogP contribution in [-0.4, -0.2) is 50.1 Å². The summed E-state index contributed by atoms with van der Waals surface area (Å²) in [7, 11) is 0. The summed E-state index contributed by atoms with van der Waals surface area (Å²) in [5, 5.41) is 6.93. The van der Waals surface area contributed by atoms with E-state index in [0.29, 0.717) is 5.92 Å². The van der Waals surface area contributed by atoms with Crippen LogP contribution in [0.15, 0.2) is 4.99 Å². The van der Waals surface area contributed by atoms with Crippen molar-refractivity contribution in [3.05, 3.63) is 0 Å². The first-order valence-electron chi connectivity index (χ1n) is 8.97. The summed E-state index contributed by atoms with van der Waals surface area (Å²) in [5.41, 5.74) is 0. The number of rotatable bonds is 8. The van der Waals surface area contributed by atoms with Gasteiger partial charge in [0.1, 0.15) is 0 Å². The van der Waals surface area contributed by atoms with Crippen molar-refractivity contribution in [1.29, 1.82) is 0 Å². The number of halogens is 1. The fourth-order valence-corrected chi connectivity index (χ4v) is 2.96.